The Hall–Kier alpha value is -3.33. The van der Waals surface area contributed by atoms with Crippen LogP contribution in [-0.2, 0) is 16.4 Å². The summed E-state index contributed by atoms with van der Waals surface area (Å²) < 4.78 is 28.2. The lowest BCUT2D eigenvalue weighted by Crippen LogP contribution is -2.49. The van der Waals surface area contributed by atoms with Gasteiger partial charge in [0, 0.05) is 37.3 Å². The van der Waals surface area contributed by atoms with Crippen molar-refractivity contribution in [2.24, 2.45) is 0 Å². The summed E-state index contributed by atoms with van der Waals surface area (Å²) in [5.74, 6) is 1.51. The van der Waals surface area contributed by atoms with Crippen molar-refractivity contribution in [1.29, 1.82) is 0 Å². The molecular formula is C31H37N5O2S. The van der Waals surface area contributed by atoms with E-state index in [9.17, 15) is 8.42 Å². The standard InChI is InChI=1S/C31H37N5O2S/c1-5-9-25-14-16-26(17-15-25)39(37,38)36-20-18-35(19-21-36)24(4)30-32-28-13-7-6-12-27(28)31(34-30)33-29-22(2)10-8-11-23(29)3/h6-8,10-17,24H,5,9,18-21H2,1-4H3,(H,32,33,34)/t24-/m0/s1. The van der Waals surface area contributed by atoms with Crippen LogP contribution in [0.2, 0.25) is 0 Å². The van der Waals surface area contributed by atoms with E-state index in [-0.39, 0.29) is 6.04 Å². The summed E-state index contributed by atoms with van der Waals surface area (Å²) in [7, 11) is -3.52. The van der Waals surface area contributed by atoms with Crippen LogP contribution in [0.25, 0.3) is 10.9 Å². The lowest BCUT2D eigenvalue weighted by Gasteiger charge is -2.37. The average Bonchev–Trinajstić information content (AvgIpc) is 2.95. The van der Waals surface area contributed by atoms with Crippen LogP contribution in [0.1, 0.15) is 48.8 Å². The highest BCUT2D eigenvalue weighted by molar-refractivity contribution is 7.89. The Balaban J connectivity index is 1.35. The zero-order chi connectivity index (χ0) is 27.6. The number of aryl methyl sites for hydroxylation is 3. The summed E-state index contributed by atoms with van der Waals surface area (Å²) in [6.45, 7) is 10.5. The second-order valence-electron chi connectivity index (χ2n) is 10.3. The Morgan fingerprint density at radius 3 is 2.21 bits per heavy atom. The first-order valence-electron chi connectivity index (χ1n) is 13.7. The third kappa shape index (κ3) is 5.69. The first kappa shape index (κ1) is 27.2. The van der Waals surface area contributed by atoms with Crippen LogP contribution in [0.4, 0.5) is 11.5 Å². The summed E-state index contributed by atoms with van der Waals surface area (Å²) in [6, 6.07) is 21.6. The molecule has 204 valence electrons. The van der Waals surface area contributed by atoms with Gasteiger partial charge in [-0.15, -0.1) is 0 Å². The minimum Gasteiger partial charge on any atom is -0.339 e. The van der Waals surface area contributed by atoms with E-state index in [1.165, 1.54) is 0 Å². The molecule has 1 aliphatic rings. The van der Waals surface area contributed by atoms with Gasteiger partial charge >= 0.3 is 0 Å². The Kier molecular flexibility index (Phi) is 7.98. The highest BCUT2D eigenvalue weighted by Crippen LogP contribution is 2.30. The van der Waals surface area contributed by atoms with E-state index < -0.39 is 10.0 Å². The largest absolute Gasteiger partial charge is 0.339 e. The molecule has 7 nitrogen and oxygen atoms in total. The zero-order valence-electron chi connectivity index (χ0n) is 23.2. The molecule has 1 fully saturated rings. The molecule has 2 heterocycles. The molecule has 0 spiro atoms. The number of para-hydroxylation sites is 2. The lowest BCUT2D eigenvalue weighted by atomic mass is 10.1. The molecule has 39 heavy (non-hydrogen) atoms. The number of nitrogens with one attached hydrogen (secondary N) is 1. The second-order valence-corrected chi connectivity index (χ2v) is 12.3. The normalized spacial score (nSPS) is 15.9. The minimum absolute atomic E-state index is 0.0636. The molecule has 3 aromatic carbocycles. The molecule has 4 aromatic rings. The van der Waals surface area contributed by atoms with E-state index in [2.05, 4.69) is 56.1 Å². The van der Waals surface area contributed by atoms with Gasteiger partial charge in [0.15, 0.2) is 0 Å². The molecule has 0 saturated carbocycles. The summed E-state index contributed by atoms with van der Waals surface area (Å²) in [5.41, 5.74) is 5.42. The topological polar surface area (TPSA) is 78.4 Å². The molecule has 1 saturated heterocycles. The maximum absolute atomic E-state index is 13.3. The Labute approximate surface area is 232 Å². The number of sulfonamides is 1. The number of piperazine rings is 1. The number of fused-ring (bicyclic) bond motifs is 1. The van der Waals surface area contributed by atoms with E-state index >= 15 is 0 Å². The van der Waals surface area contributed by atoms with Crippen LogP contribution in [0.15, 0.2) is 71.6 Å². The number of nitrogens with zero attached hydrogens (tertiary/aromatic N) is 4. The third-order valence-corrected chi connectivity index (χ3v) is 9.55. The SMILES string of the molecule is CCCc1ccc(S(=O)(=O)N2CCN([C@@H](C)c3nc(Nc4c(C)cccc4C)c4ccccc4n3)CC2)cc1. The smallest absolute Gasteiger partial charge is 0.243 e. The van der Waals surface area contributed by atoms with Gasteiger partial charge in [0.05, 0.1) is 16.5 Å². The van der Waals surface area contributed by atoms with Crippen LogP contribution in [0, 0.1) is 13.8 Å². The van der Waals surface area contributed by atoms with E-state index in [1.54, 1.807) is 16.4 Å². The number of benzene rings is 3. The second kappa shape index (κ2) is 11.4. The molecule has 0 amide bonds. The summed E-state index contributed by atoms with van der Waals surface area (Å²) in [6.07, 6.45) is 1.99. The fourth-order valence-electron chi connectivity index (χ4n) is 5.27. The van der Waals surface area contributed by atoms with Gasteiger partial charge in [-0.2, -0.15) is 4.31 Å². The van der Waals surface area contributed by atoms with Crippen molar-refractivity contribution < 1.29 is 8.42 Å². The molecular weight excluding hydrogens is 506 g/mol. The number of anilines is 2. The lowest BCUT2D eigenvalue weighted by molar-refractivity contribution is 0.141. The average molecular weight is 544 g/mol. The van der Waals surface area contributed by atoms with Crippen molar-refractivity contribution in [1.82, 2.24) is 19.2 Å². The van der Waals surface area contributed by atoms with E-state index in [1.807, 2.05) is 36.4 Å². The molecule has 1 atom stereocenters. The van der Waals surface area contributed by atoms with Gasteiger partial charge in [-0.3, -0.25) is 4.90 Å². The van der Waals surface area contributed by atoms with E-state index in [4.69, 9.17) is 9.97 Å². The first-order chi connectivity index (χ1) is 18.8. The quantitative estimate of drug-likeness (QED) is 0.293. The van der Waals surface area contributed by atoms with Gasteiger partial charge in [0.25, 0.3) is 0 Å². The Morgan fingerprint density at radius 2 is 1.54 bits per heavy atom. The van der Waals surface area contributed by atoms with Gasteiger partial charge in [-0.25, -0.2) is 18.4 Å². The van der Waals surface area contributed by atoms with Crippen LogP contribution in [0.5, 0.6) is 0 Å². The van der Waals surface area contributed by atoms with E-state index in [0.717, 1.165) is 57.8 Å². The van der Waals surface area contributed by atoms with Gasteiger partial charge in [0.1, 0.15) is 11.6 Å². The maximum atomic E-state index is 13.3. The molecule has 0 unspecified atom stereocenters. The predicted octanol–water partition coefficient (Wildman–Crippen LogP) is 6.01. The summed E-state index contributed by atoms with van der Waals surface area (Å²) in [4.78, 5) is 12.5. The summed E-state index contributed by atoms with van der Waals surface area (Å²) in [5, 5.41) is 4.55. The molecule has 1 N–H and O–H groups in total. The van der Waals surface area contributed by atoms with Gasteiger partial charge < -0.3 is 5.32 Å². The van der Waals surface area contributed by atoms with Crippen molar-refractivity contribution in [3.8, 4) is 0 Å². The van der Waals surface area contributed by atoms with Crippen molar-refractivity contribution in [2.45, 2.75) is 51.5 Å². The van der Waals surface area contributed by atoms with Gasteiger partial charge in [-0.1, -0.05) is 55.8 Å². The Bertz CT molecular complexity index is 1540. The van der Waals surface area contributed by atoms with Gasteiger partial charge in [0.2, 0.25) is 10.0 Å². The van der Waals surface area contributed by atoms with E-state index in [0.29, 0.717) is 31.1 Å². The molecule has 0 radical (unpaired) electrons. The fourth-order valence-corrected chi connectivity index (χ4v) is 6.69. The van der Waals surface area contributed by atoms with Crippen molar-refractivity contribution in [3.63, 3.8) is 0 Å². The fraction of sp³-hybridized carbons (Fsp3) is 0.355. The van der Waals surface area contributed by atoms with Crippen LogP contribution in [-0.4, -0.2) is 53.8 Å². The van der Waals surface area contributed by atoms with Crippen LogP contribution in [0.3, 0.4) is 0 Å². The zero-order valence-corrected chi connectivity index (χ0v) is 24.0. The highest BCUT2D eigenvalue weighted by Gasteiger charge is 2.31. The number of aromatic nitrogens is 2. The van der Waals surface area contributed by atoms with Gasteiger partial charge in [-0.05, 0) is 68.1 Å². The van der Waals surface area contributed by atoms with Crippen molar-refractivity contribution in [2.75, 3.05) is 31.5 Å². The maximum Gasteiger partial charge on any atom is 0.243 e. The molecule has 1 aromatic heterocycles. The molecule has 0 bridgehead atoms. The number of hydrogen-bond acceptors (Lipinski definition) is 6. The third-order valence-electron chi connectivity index (χ3n) is 7.64. The molecule has 5 rings (SSSR count). The number of rotatable bonds is 8. The molecule has 8 heteroatoms. The molecule has 1 aliphatic heterocycles. The highest BCUT2D eigenvalue weighted by atomic mass is 32.2. The van der Waals surface area contributed by atoms with Crippen molar-refractivity contribution in [3.05, 3.63) is 89.2 Å². The molecule has 0 aliphatic carbocycles. The van der Waals surface area contributed by atoms with Crippen LogP contribution < -0.4 is 5.32 Å². The monoisotopic (exact) mass is 543 g/mol. The van der Waals surface area contributed by atoms with Crippen molar-refractivity contribution >= 4 is 32.4 Å². The Morgan fingerprint density at radius 1 is 0.872 bits per heavy atom. The number of hydrogen-bond donors (Lipinski definition) is 1. The van der Waals surface area contributed by atoms with Crippen LogP contribution >= 0.6 is 0 Å². The predicted molar refractivity (Wildman–Crippen MR) is 158 cm³/mol. The summed E-state index contributed by atoms with van der Waals surface area (Å²) >= 11 is 0. The minimum atomic E-state index is -3.52. The first-order valence-corrected chi connectivity index (χ1v) is 15.1.